The average Bonchev–Trinajstić information content (AvgIpc) is 2.88. The Morgan fingerprint density at radius 2 is 2.05 bits per heavy atom. The molecule has 0 bridgehead atoms. The molecule has 1 unspecified atom stereocenters. The first-order valence-electron chi connectivity index (χ1n) is 8.36. The number of halogens is 1. The third-order valence-corrected chi connectivity index (χ3v) is 3.67. The molecule has 2 N–H and O–H groups in total. The molecule has 1 rings (SSSR count). The summed E-state index contributed by atoms with van der Waals surface area (Å²) in [7, 11) is 0. The van der Waals surface area contributed by atoms with E-state index in [0.717, 1.165) is 50.4 Å². The summed E-state index contributed by atoms with van der Waals surface area (Å²) < 4.78 is 0. The zero-order valence-electron chi connectivity index (χ0n) is 14.5. The van der Waals surface area contributed by atoms with E-state index in [1.54, 1.807) is 0 Å². The molecule has 1 amide bonds. The van der Waals surface area contributed by atoms with Crippen molar-refractivity contribution >= 4 is 35.8 Å². The summed E-state index contributed by atoms with van der Waals surface area (Å²) >= 11 is 0. The van der Waals surface area contributed by atoms with Crippen LogP contribution >= 0.6 is 24.0 Å². The van der Waals surface area contributed by atoms with Crippen molar-refractivity contribution in [2.75, 3.05) is 32.7 Å². The second-order valence-corrected chi connectivity index (χ2v) is 6.25. The lowest BCUT2D eigenvalue weighted by Gasteiger charge is -2.22. The molecule has 0 spiro atoms. The summed E-state index contributed by atoms with van der Waals surface area (Å²) in [6.45, 7) is 12.5. The second kappa shape index (κ2) is 12.0. The van der Waals surface area contributed by atoms with Gasteiger partial charge in [-0.25, -0.2) is 4.99 Å². The summed E-state index contributed by atoms with van der Waals surface area (Å²) in [5, 5.41) is 6.17. The smallest absolute Gasteiger partial charge is 0.241 e. The molecule has 130 valence electrons. The van der Waals surface area contributed by atoms with E-state index in [4.69, 9.17) is 0 Å². The molecule has 1 heterocycles. The molecule has 0 aliphatic carbocycles. The van der Waals surface area contributed by atoms with E-state index in [9.17, 15) is 4.79 Å². The number of amides is 1. The van der Waals surface area contributed by atoms with Crippen LogP contribution < -0.4 is 10.6 Å². The Hall–Kier alpha value is -0.530. The number of guanidine groups is 1. The van der Waals surface area contributed by atoms with Gasteiger partial charge >= 0.3 is 0 Å². The molecule has 1 aliphatic rings. The predicted octanol–water partition coefficient (Wildman–Crippen LogP) is 2.46. The molecule has 6 heteroatoms. The summed E-state index contributed by atoms with van der Waals surface area (Å²) in [6.07, 6.45) is 3.45. The SMILES string of the molecule is CCCNC(=O)CN=C(NCC)N1CCC(CC(C)C)C1.I. The Bertz CT molecular complexity index is 347. The highest BCUT2D eigenvalue weighted by Crippen LogP contribution is 2.23. The first-order valence-corrected chi connectivity index (χ1v) is 8.36. The lowest BCUT2D eigenvalue weighted by atomic mass is 9.97. The van der Waals surface area contributed by atoms with Gasteiger partial charge in [0, 0.05) is 26.2 Å². The number of carbonyl (C=O) groups excluding carboxylic acids is 1. The Labute approximate surface area is 152 Å². The Morgan fingerprint density at radius 3 is 2.64 bits per heavy atom. The van der Waals surface area contributed by atoms with E-state index >= 15 is 0 Å². The highest BCUT2D eigenvalue weighted by Gasteiger charge is 2.25. The van der Waals surface area contributed by atoms with Gasteiger partial charge in [-0.3, -0.25) is 4.79 Å². The molecule has 0 aromatic heterocycles. The maximum absolute atomic E-state index is 11.7. The van der Waals surface area contributed by atoms with Crippen LogP contribution in [0.2, 0.25) is 0 Å². The number of nitrogens with one attached hydrogen (secondary N) is 2. The Morgan fingerprint density at radius 1 is 1.32 bits per heavy atom. The van der Waals surface area contributed by atoms with Crippen LogP contribution in [0.3, 0.4) is 0 Å². The maximum atomic E-state index is 11.7. The fourth-order valence-corrected chi connectivity index (χ4v) is 2.78. The number of nitrogens with zero attached hydrogens (tertiary/aromatic N) is 2. The minimum Gasteiger partial charge on any atom is -0.357 e. The maximum Gasteiger partial charge on any atom is 0.241 e. The summed E-state index contributed by atoms with van der Waals surface area (Å²) in [4.78, 5) is 18.4. The first kappa shape index (κ1) is 21.5. The topological polar surface area (TPSA) is 56.7 Å². The van der Waals surface area contributed by atoms with E-state index in [2.05, 4.69) is 41.3 Å². The largest absolute Gasteiger partial charge is 0.357 e. The van der Waals surface area contributed by atoms with Crippen LogP contribution in [0.1, 0.15) is 47.0 Å². The molecule has 1 atom stereocenters. The minimum atomic E-state index is 0. The van der Waals surface area contributed by atoms with Crippen LogP contribution in [0.25, 0.3) is 0 Å². The van der Waals surface area contributed by atoms with E-state index in [-0.39, 0.29) is 36.4 Å². The zero-order valence-corrected chi connectivity index (χ0v) is 16.9. The lowest BCUT2D eigenvalue weighted by Crippen LogP contribution is -2.41. The van der Waals surface area contributed by atoms with Gasteiger partial charge in [-0.1, -0.05) is 20.8 Å². The predicted molar refractivity (Wildman–Crippen MR) is 104 cm³/mol. The number of likely N-dealkylation sites (tertiary alicyclic amines) is 1. The second-order valence-electron chi connectivity index (χ2n) is 6.25. The average molecular weight is 424 g/mol. The molecule has 1 aliphatic heterocycles. The number of rotatable bonds is 7. The highest BCUT2D eigenvalue weighted by atomic mass is 127. The van der Waals surface area contributed by atoms with Gasteiger partial charge in [0.2, 0.25) is 5.91 Å². The van der Waals surface area contributed by atoms with Crippen LogP contribution in [0, 0.1) is 11.8 Å². The van der Waals surface area contributed by atoms with E-state index < -0.39 is 0 Å². The fourth-order valence-electron chi connectivity index (χ4n) is 2.78. The standard InChI is InChI=1S/C16H32N4O.HI/c1-5-8-18-15(21)11-19-16(17-6-2)20-9-7-14(12-20)10-13(3)4;/h13-14H,5-12H2,1-4H3,(H,17,19)(H,18,21);1H. The zero-order chi connectivity index (χ0) is 15.7. The fraction of sp³-hybridized carbons (Fsp3) is 0.875. The van der Waals surface area contributed by atoms with Crippen molar-refractivity contribution in [2.24, 2.45) is 16.8 Å². The van der Waals surface area contributed by atoms with Crippen molar-refractivity contribution in [1.29, 1.82) is 0 Å². The number of hydrogen-bond donors (Lipinski definition) is 2. The van der Waals surface area contributed by atoms with Crippen molar-refractivity contribution in [3.05, 3.63) is 0 Å². The molecule has 22 heavy (non-hydrogen) atoms. The normalized spacial score (nSPS) is 18.3. The molecule has 0 radical (unpaired) electrons. The third-order valence-electron chi connectivity index (χ3n) is 3.67. The summed E-state index contributed by atoms with van der Waals surface area (Å²) in [6, 6.07) is 0. The molecular formula is C16H33IN4O. The van der Waals surface area contributed by atoms with Crippen molar-refractivity contribution < 1.29 is 4.79 Å². The quantitative estimate of drug-likeness (QED) is 0.375. The Balaban J connectivity index is 0.00000441. The highest BCUT2D eigenvalue weighted by molar-refractivity contribution is 14.0. The first-order chi connectivity index (χ1) is 10.1. The van der Waals surface area contributed by atoms with E-state index in [1.165, 1.54) is 12.8 Å². The molecule has 0 saturated carbocycles. The van der Waals surface area contributed by atoms with Crippen LogP contribution in [0.5, 0.6) is 0 Å². The van der Waals surface area contributed by atoms with Crippen LogP contribution in [-0.2, 0) is 4.79 Å². The van der Waals surface area contributed by atoms with Crippen molar-refractivity contribution in [2.45, 2.75) is 47.0 Å². The van der Waals surface area contributed by atoms with E-state index in [1.807, 2.05) is 6.92 Å². The molecule has 0 aromatic rings. The van der Waals surface area contributed by atoms with Crippen LogP contribution in [0.4, 0.5) is 0 Å². The molecule has 5 nitrogen and oxygen atoms in total. The van der Waals surface area contributed by atoms with Gasteiger partial charge in [-0.2, -0.15) is 0 Å². The van der Waals surface area contributed by atoms with Gasteiger partial charge in [0.1, 0.15) is 6.54 Å². The van der Waals surface area contributed by atoms with E-state index in [0.29, 0.717) is 0 Å². The molecular weight excluding hydrogens is 391 g/mol. The molecule has 0 aromatic carbocycles. The van der Waals surface area contributed by atoms with Gasteiger partial charge in [0.05, 0.1) is 0 Å². The van der Waals surface area contributed by atoms with Crippen molar-refractivity contribution in [1.82, 2.24) is 15.5 Å². The summed E-state index contributed by atoms with van der Waals surface area (Å²) in [5.41, 5.74) is 0. The van der Waals surface area contributed by atoms with Crippen LogP contribution in [-0.4, -0.2) is 49.5 Å². The van der Waals surface area contributed by atoms with Gasteiger partial charge in [-0.05, 0) is 38.0 Å². The number of carbonyl (C=O) groups is 1. The van der Waals surface area contributed by atoms with Crippen molar-refractivity contribution in [3.63, 3.8) is 0 Å². The lowest BCUT2D eigenvalue weighted by molar-refractivity contribution is -0.119. The van der Waals surface area contributed by atoms with Gasteiger partial charge < -0.3 is 15.5 Å². The van der Waals surface area contributed by atoms with Crippen molar-refractivity contribution in [3.8, 4) is 0 Å². The van der Waals surface area contributed by atoms with Crippen LogP contribution in [0.15, 0.2) is 4.99 Å². The monoisotopic (exact) mass is 424 g/mol. The molecule has 1 fully saturated rings. The van der Waals surface area contributed by atoms with Gasteiger partial charge in [0.15, 0.2) is 5.96 Å². The summed E-state index contributed by atoms with van der Waals surface area (Å²) in [5.74, 6) is 2.39. The minimum absolute atomic E-state index is 0. The number of aliphatic imine (C=N–C) groups is 1. The number of hydrogen-bond acceptors (Lipinski definition) is 2. The molecule has 1 saturated heterocycles. The van der Waals surface area contributed by atoms with Gasteiger partial charge in [-0.15, -0.1) is 24.0 Å². The third kappa shape index (κ3) is 8.19. The van der Waals surface area contributed by atoms with Gasteiger partial charge in [0.25, 0.3) is 0 Å². The Kier molecular flexibility index (Phi) is 11.7.